The third-order valence-electron chi connectivity index (χ3n) is 3.50. The first-order chi connectivity index (χ1) is 11.6. The highest BCUT2D eigenvalue weighted by molar-refractivity contribution is 6.31. The highest BCUT2D eigenvalue weighted by atomic mass is 35.5. The molecule has 0 saturated carbocycles. The van der Waals surface area contributed by atoms with Crippen LogP contribution in [0.1, 0.15) is 11.3 Å². The van der Waals surface area contributed by atoms with Gasteiger partial charge in [0, 0.05) is 35.4 Å². The lowest BCUT2D eigenvalue weighted by Crippen LogP contribution is -2.05. The zero-order chi connectivity index (χ0) is 17.1. The van der Waals surface area contributed by atoms with Crippen molar-refractivity contribution in [3.05, 3.63) is 59.0 Å². The van der Waals surface area contributed by atoms with E-state index in [1.54, 1.807) is 36.3 Å². The lowest BCUT2D eigenvalue weighted by atomic mass is 10.1. The molecule has 3 aromatic rings. The molecule has 0 aliphatic rings. The summed E-state index contributed by atoms with van der Waals surface area (Å²) in [5.41, 5.74) is 3.00. The van der Waals surface area contributed by atoms with Gasteiger partial charge in [-0.05, 0) is 30.3 Å². The van der Waals surface area contributed by atoms with Crippen molar-refractivity contribution in [1.82, 2.24) is 14.8 Å². The SMILES string of the molecule is COCc1c(C=CC(=O)O)cnn1-c1ccnc2cc(Cl)ccc12. The molecule has 3 rings (SSSR count). The standard InChI is InChI=1S/C17H14ClN3O3/c1-24-10-16-11(2-5-17(22)23)9-20-21(16)15-6-7-19-14-8-12(18)3-4-13(14)15/h2-9H,10H2,1H3,(H,22,23). The van der Waals surface area contributed by atoms with E-state index in [1.807, 2.05) is 12.1 Å². The van der Waals surface area contributed by atoms with Crippen molar-refractivity contribution in [2.24, 2.45) is 0 Å². The number of rotatable bonds is 5. The number of aromatic nitrogens is 3. The Morgan fingerprint density at radius 3 is 3.00 bits per heavy atom. The van der Waals surface area contributed by atoms with Crippen LogP contribution in [-0.4, -0.2) is 33.0 Å². The number of pyridine rings is 1. The fourth-order valence-corrected chi connectivity index (χ4v) is 2.63. The molecule has 24 heavy (non-hydrogen) atoms. The van der Waals surface area contributed by atoms with Crippen LogP contribution in [0.15, 0.2) is 42.7 Å². The van der Waals surface area contributed by atoms with E-state index in [9.17, 15) is 4.79 Å². The van der Waals surface area contributed by atoms with Crippen LogP contribution in [0.25, 0.3) is 22.7 Å². The van der Waals surface area contributed by atoms with E-state index < -0.39 is 5.97 Å². The van der Waals surface area contributed by atoms with Gasteiger partial charge in [-0.1, -0.05) is 11.6 Å². The molecular weight excluding hydrogens is 330 g/mol. The van der Waals surface area contributed by atoms with Crippen LogP contribution < -0.4 is 0 Å². The first-order valence-corrected chi connectivity index (χ1v) is 7.49. The molecule has 1 N–H and O–H groups in total. The van der Waals surface area contributed by atoms with Gasteiger partial charge in [-0.3, -0.25) is 4.98 Å². The zero-order valence-corrected chi connectivity index (χ0v) is 13.6. The Labute approximate surface area is 143 Å². The summed E-state index contributed by atoms with van der Waals surface area (Å²) in [4.78, 5) is 15.1. The molecule has 0 unspecified atom stereocenters. The number of methoxy groups -OCH3 is 1. The topological polar surface area (TPSA) is 77.2 Å². The number of fused-ring (bicyclic) bond motifs is 1. The van der Waals surface area contributed by atoms with E-state index in [2.05, 4.69) is 10.1 Å². The van der Waals surface area contributed by atoms with E-state index in [0.29, 0.717) is 10.6 Å². The minimum Gasteiger partial charge on any atom is -0.478 e. The summed E-state index contributed by atoms with van der Waals surface area (Å²) < 4.78 is 6.97. The van der Waals surface area contributed by atoms with Gasteiger partial charge in [0.1, 0.15) is 0 Å². The average Bonchev–Trinajstić information content (AvgIpc) is 2.95. The zero-order valence-electron chi connectivity index (χ0n) is 12.8. The summed E-state index contributed by atoms with van der Waals surface area (Å²) >= 11 is 6.03. The van der Waals surface area contributed by atoms with Gasteiger partial charge in [0.2, 0.25) is 0 Å². The summed E-state index contributed by atoms with van der Waals surface area (Å²) in [7, 11) is 1.58. The van der Waals surface area contributed by atoms with Gasteiger partial charge in [0.05, 0.1) is 29.7 Å². The fraction of sp³-hybridized carbons (Fsp3) is 0.118. The van der Waals surface area contributed by atoms with Crippen molar-refractivity contribution in [3.8, 4) is 5.69 Å². The molecule has 0 spiro atoms. The van der Waals surface area contributed by atoms with Crippen molar-refractivity contribution >= 4 is 34.5 Å². The molecule has 0 fully saturated rings. The summed E-state index contributed by atoms with van der Waals surface area (Å²) in [6.45, 7) is 0.288. The molecule has 1 aromatic carbocycles. The molecule has 0 atom stereocenters. The number of carboxylic acids is 1. The van der Waals surface area contributed by atoms with Crippen LogP contribution in [0, 0.1) is 0 Å². The predicted molar refractivity (Wildman–Crippen MR) is 91.3 cm³/mol. The Balaban J connectivity index is 2.17. The van der Waals surface area contributed by atoms with Gasteiger partial charge < -0.3 is 9.84 Å². The number of benzene rings is 1. The predicted octanol–water partition coefficient (Wildman–Crippen LogP) is 3.32. The maximum Gasteiger partial charge on any atom is 0.328 e. The number of hydrogen-bond acceptors (Lipinski definition) is 4. The van der Waals surface area contributed by atoms with Crippen LogP contribution in [-0.2, 0) is 16.1 Å². The first kappa shape index (κ1) is 16.2. The van der Waals surface area contributed by atoms with Crippen LogP contribution in [0.2, 0.25) is 5.02 Å². The number of hydrogen-bond donors (Lipinski definition) is 1. The van der Waals surface area contributed by atoms with Gasteiger partial charge >= 0.3 is 5.97 Å². The van der Waals surface area contributed by atoms with Crippen LogP contribution >= 0.6 is 11.6 Å². The maximum atomic E-state index is 10.8. The Kier molecular flexibility index (Phi) is 4.59. The minimum atomic E-state index is -1.02. The third-order valence-corrected chi connectivity index (χ3v) is 3.73. The fourth-order valence-electron chi connectivity index (χ4n) is 2.47. The Morgan fingerprint density at radius 2 is 2.25 bits per heavy atom. The summed E-state index contributed by atoms with van der Waals surface area (Å²) in [5, 5.41) is 14.7. The first-order valence-electron chi connectivity index (χ1n) is 7.11. The maximum absolute atomic E-state index is 10.8. The number of carboxylic acid groups (broad SMARTS) is 1. The lowest BCUT2D eigenvalue weighted by molar-refractivity contribution is -0.131. The molecule has 2 aromatic heterocycles. The summed E-state index contributed by atoms with van der Waals surface area (Å²) in [5.74, 6) is -1.02. The van der Waals surface area contributed by atoms with E-state index in [-0.39, 0.29) is 6.61 Å². The van der Waals surface area contributed by atoms with Gasteiger partial charge in [0.25, 0.3) is 0 Å². The Hall–Kier alpha value is -2.70. The van der Waals surface area contributed by atoms with Crippen molar-refractivity contribution in [3.63, 3.8) is 0 Å². The van der Waals surface area contributed by atoms with Crippen LogP contribution in [0.5, 0.6) is 0 Å². The highest BCUT2D eigenvalue weighted by Crippen LogP contribution is 2.25. The molecule has 2 heterocycles. The molecule has 0 amide bonds. The van der Waals surface area contributed by atoms with Gasteiger partial charge in [0.15, 0.2) is 0 Å². The molecule has 0 radical (unpaired) electrons. The molecular formula is C17H14ClN3O3. The molecule has 0 saturated heterocycles. The van der Waals surface area contributed by atoms with Crippen molar-refractivity contribution in [2.75, 3.05) is 7.11 Å². The van der Waals surface area contributed by atoms with Gasteiger partial charge in [-0.25, -0.2) is 9.48 Å². The van der Waals surface area contributed by atoms with E-state index in [1.165, 1.54) is 6.08 Å². The largest absolute Gasteiger partial charge is 0.478 e. The second kappa shape index (κ2) is 6.82. The molecule has 7 heteroatoms. The lowest BCUT2D eigenvalue weighted by Gasteiger charge is -2.10. The Bertz CT molecular complexity index is 934. The number of nitrogens with zero attached hydrogens (tertiary/aromatic N) is 3. The van der Waals surface area contributed by atoms with Crippen LogP contribution in [0.3, 0.4) is 0 Å². The number of halogens is 1. The number of aliphatic carboxylic acids is 1. The molecule has 0 aliphatic carbocycles. The molecule has 122 valence electrons. The normalized spacial score (nSPS) is 11.4. The van der Waals surface area contributed by atoms with Gasteiger partial charge in [-0.15, -0.1) is 0 Å². The average molecular weight is 344 g/mol. The van der Waals surface area contributed by atoms with E-state index in [4.69, 9.17) is 21.4 Å². The van der Waals surface area contributed by atoms with Crippen LogP contribution in [0.4, 0.5) is 0 Å². The smallest absolute Gasteiger partial charge is 0.328 e. The van der Waals surface area contributed by atoms with E-state index >= 15 is 0 Å². The second-order valence-corrected chi connectivity index (χ2v) is 5.49. The van der Waals surface area contributed by atoms with Crippen molar-refractivity contribution in [1.29, 1.82) is 0 Å². The quantitative estimate of drug-likeness (QED) is 0.719. The second-order valence-electron chi connectivity index (χ2n) is 5.05. The summed E-state index contributed by atoms with van der Waals surface area (Å²) in [6.07, 6.45) is 5.86. The molecule has 0 bridgehead atoms. The number of ether oxygens (including phenoxy) is 1. The van der Waals surface area contributed by atoms with E-state index in [0.717, 1.165) is 28.4 Å². The molecule has 0 aliphatic heterocycles. The minimum absolute atomic E-state index is 0.288. The third kappa shape index (κ3) is 3.15. The van der Waals surface area contributed by atoms with Crippen molar-refractivity contribution < 1.29 is 14.6 Å². The molecule has 6 nitrogen and oxygen atoms in total. The Morgan fingerprint density at radius 1 is 1.42 bits per heavy atom. The van der Waals surface area contributed by atoms with Gasteiger partial charge in [-0.2, -0.15) is 5.10 Å². The number of carbonyl (C=O) groups is 1. The monoisotopic (exact) mass is 343 g/mol. The van der Waals surface area contributed by atoms with Crippen molar-refractivity contribution in [2.45, 2.75) is 6.61 Å². The highest BCUT2D eigenvalue weighted by Gasteiger charge is 2.13. The summed E-state index contributed by atoms with van der Waals surface area (Å²) in [6, 6.07) is 7.29.